The molecule has 0 saturated carbocycles. The predicted molar refractivity (Wildman–Crippen MR) is 129 cm³/mol. The van der Waals surface area contributed by atoms with Crippen molar-refractivity contribution in [3.05, 3.63) is 87.9 Å². The predicted octanol–water partition coefficient (Wildman–Crippen LogP) is 5.06. The van der Waals surface area contributed by atoms with Crippen molar-refractivity contribution in [3.63, 3.8) is 0 Å². The van der Waals surface area contributed by atoms with E-state index in [9.17, 15) is 9.59 Å². The van der Waals surface area contributed by atoms with Crippen LogP contribution in [0.5, 0.6) is 11.5 Å². The van der Waals surface area contributed by atoms with E-state index in [2.05, 4.69) is 15.8 Å². The lowest BCUT2D eigenvalue weighted by Crippen LogP contribution is -2.24. The fraction of sp³-hybridized carbons (Fsp3) is 0.125. The number of rotatable bonds is 9. The fourth-order valence-electron chi connectivity index (χ4n) is 2.75. The van der Waals surface area contributed by atoms with Crippen LogP contribution in [-0.4, -0.2) is 25.1 Å². The lowest BCUT2D eigenvalue weighted by Gasteiger charge is -2.10. The highest BCUT2D eigenvalue weighted by atomic mass is 35.5. The molecule has 0 radical (unpaired) electrons. The van der Waals surface area contributed by atoms with Crippen LogP contribution in [0.1, 0.15) is 17.5 Å². The lowest BCUT2D eigenvalue weighted by atomic mass is 10.2. The summed E-state index contributed by atoms with van der Waals surface area (Å²) in [6.07, 6.45) is 1.06. The van der Waals surface area contributed by atoms with E-state index in [0.29, 0.717) is 32.8 Å². The minimum Gasteiger partial charge on any atom is -0.497 e. The number of para-hydroxylation sites is 1. The summed E-state index contributed by atoms with van der Waals surface area (Å²) in [5, 5.41) is 7.61. The number of hydrazone groups is 1. The molecule has 0 unspecified atom stereocenters. The average Bonchev–Trinajstić information content (AvgIpc) is 2.79. The second kappa shape index (κ2) is 11.9. The number of carbonyl (C=O) groups is 2. The van der Waals surface area contributed by atoms with Crippen molar-refractivity contribution < 1.29 is 19.1 Å². The SMILES string of the molecule is COc1ccc(NC(=O)CC(=O)NN=Cc2ccccc2OCc2ccc(Cl)cc2Cl)cc1. The van der Waals surface area contributed by atoms with E-state index in [0.717, 1.165) is 5.56 Å². The summed E-state index contributed by atoms with van der Waals surface area (Å²) < 4.78 is 10.9. The maximum absolute atomic E-state index is 12.0. The molecule has 3 rings (SSSR count). The van der Waals surface area contributed by atoms with Crippen LogP contribution in [0, 0.1) is 0 Å². The van der Waals surface area contributed by atoms with E-state index < -0.39 is 11.8 Å². The molecule has 33 heavy (non-hydrogen) atoms. The van der Waals surface area contributed by atoms with Gasteiger partial charge in [-0.2, -0.15) is 5.10 Å². The number of hydrogen-bond donors (Lipinski definition) is 2. The molecule has 0 atom stereocenters. The molecule has 170 valence electrons. The lowest BCUT2D eigenvalue weighted by molar-refractivity contribution is -0.126. The third-order valence-corrected chi connectivity index (χ3v) is 4.99. The molecule has 0 aromatic heterocycles. The Morgan fingerprint density at radius 3 is 2.48 bits per heavy atom. The standard InChI is InChI=1S/C24H21Cl2N3O4/c1-32-20-10-8-19(9-11-20)28-23(30)13-24(31)29-27-14-16-4-2-3-5-22(16)33-15-17-6-7-18(25)12-21(17)26/h2-12,14H,13,15H2,1H3,(H,28,30)(H,29,31). The van der Waals surface area contributed by atoms with Gasteiger partial charge in [0, 0.05) is 26.9 Å². The Bertz CT molecular complexity index is 1150. The number of anilines is 1. The summed E-state index contributed by atoms with van der Waals surface area (Å²) >= 11 is 12.1. The van der Waals surface area contributed by atoms with Crippen LogP contribution < -0.4 is 20.2 Å². The van der Waals surface area contributed by atoms with Gasteiger partial charge in [-0.05, 0) is 48.5 Å². The van der Waals surface area contributed by atoms with Crippen molar-refractivity contribution in [1.29, 1.82) is 0 Å². The topological polar surface area (TPSA) is 89.0 Å². The second-order valence-corrected chi connectivity index (χ2v) is 7.65. The Kier molecular flexibility index (Phi) is 8.69. The number of nitrogens with one attached hydrogen (secondary N) is 2. The molecule has 3 aromatic rings. The number of ether oxygens (including phenoxy) is 2. The average molecular weight is 486 g/mol. The molecule has 0 aliphatic carbocycles. The third-order valence-electron chi connectivity index (χ3n) is 4.41. The molecule has 3 aromatic carbocycles. The molecule has 0 spiro atoms. The minimum absolute atomic E-state index is 0.235. The first-order valence-corrected chi connectivity index (χ1v) is 10.6. The Morgan fingerprint density at radius 1 is 1.00 bits per heavy atom. The summed E-state index contributed by atoms with van der Waals surface area (Å²) in [7, 11) is 1.55. The quantitative estimate of drug-likeness (QED) is 0.251. The number of benzene rings is 3. The normalized spacial score (nSPS) is 10.6. The van der Waals surface area contributed by atoms with Gasteiger partial charge in [0.15, 0.2) is 0 Å². The van der Waals surface area contributed by atoms with Gasteiger partial charge in [0.2, 0.25) is 11.8 Å². The largest absolute Gasteiger partial charge is 0.497 e. The number of carbonyl (C=O) groups excluding carboxylic acids is 2. The number of amides is 2. The van der Waals surface area contributed by atoms with E-state index in [1.807, 2.05) is 12.1 Å². The van der Waals surface area contributed by atoms with E-state index in [-0.39, 0.29) is 13.0 Å². The number of methoxy groups -OCH3 is 1. The number of halogens is 2. The zero-order valence-corrected chi connectivity index (χ0v) is 19.2. The van der Waals surface area contributed by atoms with Gasteiger partial charge >= 0.3 is 0 Å². The van der Waals surface area contributed by atoms with Crippen molar-refractivity contribution in [2.45, 2.75) is 13.0 Å². The van der Waals surface area contributed by atoms with Gasteiger partial charge < -0.3 is 14.8 Å². The monoisotopic (exact) mass is 485 g/mol. The van der Waals surface area contributed by atoms with Gasteiger partial charge in [-0.25, -0.2) is 5.43 Å². The highest BCUT2D eigenvalue weighted by molar-refractivity contribution is 6.35. The van der Waals surface area contributed by atoms with Gasteiger partial charge in [-0.1, -0.05) is 41.4 Å². The molecular formula is C24H21Cl2N3O4. The number of hydrogen-bond acceptors (Lipinski definition) is 5. The first-order chi connectivity index (χ1) is 15.9. The van der Waals surface area contributed by atoms with Crippen molar-refractivity contribution >= 4 is 46.9 Å². The Hall–Kier alpha value is -3.55. The highest BCUT2D eigenvalue weighted by Gasteiger charge is 2.10. The van der Waals surface area contributed by atoms with Gasteiger partial charge in [-0.3, -0.25) is 9.59 Å². The summed E-state index contributed by atoms with van der Waals surface area (Å²) in [4.78, 5) is 24.1. The van der Waals surface area contributed by atoms with Crippen LogP contribution in [0.15, 0.2) is 71.8 Å². The Labute approximate surface area is 201 Å². The van der Waals surface area contributed by atoms with Crippen molar-refractivity contribution in [2.24, 2.45) is 5.10 Å². The van der Waals surface area contributed by atoms with Crippen molar-refractivity contribution in [1.82, 2.24) is 5.43 Å². The van der Waals surface area contributed by atoms with E-state index in [1.165, 1.54) is 6.21 Å². The molecule has 0 saturated heterocycles. The Morgan fingerprint density at radius 2 is 1.76 bits per heavy atom. The molecule has 9 heteroatoms. The molecule has 0 aliphatic rings. The molecule has 2 N–H and O–H groups in total. The van der Waals surface area contributed by atoms with E-state index in [4.69, 9.17) is 32.7 Å². The van der Waals surface area contributed by atoms with Crippen LogP contribution in [0.2, 0.25) is 10.0 Å². The van der Waals surface area contributed by atoms with Gasteiger partial charge in [0.25, 0.3) is 0 Å². The fourth-order valence-corrected chi connectivity index (χ4v) is 3.21. The summed E-state index contributed by atoms with van der Waals surface area (Å²) in [5.41, 5.74) is 4.33. The zero-order valence-electron chi connectivity index (χ0n) is 17.7. The highest BCUT2D eigenvalue weighted by Crippen LogP contribution is 2.24. The molecule has 2 amide bonds. The van der Waals surface area contributed by atoms with E-state index >= 15 is 0 Å². The van der Waals surface area contributed by atoms with Crippen LogP contribution in [0.25, 0.3) is 0 Å². The third kappa shape index (κ3) is 7.52. The maximum Gasteiger partial charge on any atom is 0.249 e. The summed E-state index contributed by atoms with van der Waals surface area (Å²) in [6.45, 7) is 0.235. The molecule has 7 nitrogen and oxygen atoms in total. The molecular weight excluding hydrogens is 465 g/mol. The molecule has 0 bridgehead atoms. The number of nitrogens with zero attached hydrogens (tertiary/aromatic N) is 1. The van der Waals surface area contributed by atoms with Gasteiger partial charge in [0.05, 0.1) is 13.3 Å². The van der Waals surface area contributed by atoms with Crippen LogP contribution in [0.4, 0.5) is 5.69 Å². The summed E-state index contributed by atoms with van der Waals surface area (Å²) in [6, 6.07) is 19.1. The van der Waals surface area contributed by atoms with Crippen LogP contribution >= 0.6 is 23.2 Å². The molecule has 0 heterocycles. The van der Waals surface area contributed by atoms with Gasteiger partial charge in [-0.15, -0.1) is 0 Å². The maximum atomic E-state index is 12.0. The smallest absolute Gasteiger partial charge is 0.249 e. The first kappa shape index (κ1) is 24.1. The summed E-state index contributed by atoms with van der Waals surface area (Å²) in [5.74, 6) is 0.208. The Balaban J connectivity index is 1.52. The van der Waals surface area contributed by atoms with Crippen LogP contribution in [0.3, 0.4) is 0 Å². The first-order valence-electron chi connectivity index (χ1n) is 9.86. The second-order valence-electron chi connectivity index (χ2n) is 6.81. The zero-order chi connectivity index (χ0) is 23.6. The van der Waals surface area contributed by atoms with Gasteiger partial charge in [0.1, 0.15) is 24.5 Å². The van der Waals surface area contributed by atoms with Crippen molar-refractivity contribution in [3.8, 4) is 11.5 Å². The minimum atomic E-state index is -0.552. The molecule has 0 aliphatic heterocycles. The van der Waals surface area contributed by atoms with Crippen molar-refractivity contribution in [2.75, 3.05) is 12.4 Å². The van der Waals surface area contributed by atoms with Crippen LogP contribution in [-0.2, 0) is 16.2 Å². The molecule has 0 fully saturated rings. The van der Waals surface area contributed by atoms with E-state index in [1.54, 1.807) is 61.7 Å².